The Bertz CT molecular complexity index is 647. The number of nitro groups is 1. The van der Waals surface area contributed by atoms with Gasteiger partial charge in [0.25, 0.3) is 5.69 Å². The molecule has 0 aromatic carbocycles. The number of rotatable bonds is 7. The van der Waals surface area contributed by atoms with Crippen molar-refractivity contribution < 1.29 is 9.34 Å². The molecule has 22 heavy (non-hydrogen) atoms. The lowest BCUT2D eigenvalue weighted by Crippen LogP contribution is -2.20. The Balaban J connectivity index is 1.96. The standard InChI is InChI=1S/C14H17N5O3/c1-3-18(4-2)14-8-6-12(22-14)10-16-17-13-7-5-11(9-15-13)19(20)21/h5-10H,3-4H2,1-2H3,(H,15,17). The fourth-order valence-corrected chi connectivity index (χ4v) is 1.84. The molecule has 0 saturated carbocycles. The minimum absolute atomic E-state index is 0.0653. The van der Waals surface area contributed by atoms with Gasteiger partial charge in [-0.15, -0.1) is 0 Å². The molecule has 116 valence electrons. The molecule has 0 aliphatic carbocycles. The van der Waals surface area contributed by atoms with E-state index in [0.717, 1.165) is 19.0 Å². The van der Waals surface area contributed by atoms with E-state index in [-0.39, 0.29) is 5.69 Å². The van der Waals surface area contributed by atoms with Gasteiger partial charge in [0.2, 0.25) is 0 Å². The van der Waals surface area contributed by atoms with Gasteiger partial charge in [-0.05, 0) is 26.0 Å². The van der Waals surface area contributed by atoms with Gasteiger partial charge in [-0.1, -0.05) is 0 Å². The van der Waals surface area contributed by atoms with Gasteiger partial charge in [0.15, 0.2) is 5.88 Å². The Hall–Kier alpha value is -2.90. The molecule has 0 spiro atoms. The Kier molecular flexibility index (Phi) is 5.07. The number of pyridine rings is 1. The molecule has 2 rings (SSSR count). The highest BCUT2D eigenvalue weighted by Gasteiger charge is 2.06. The molecule has 1 N–H and O–H groups in total. The summed E-state index contributed by atoms with van der Waals surface area (Å²) in [5.41, 5.74) is 2.62. The van der Waals surface area contributed by atoms with Gasteiger partial charge < -0.3 is 9.32 Å². The van der Waals surface area contributed by atoms with Crippen LogP contribution in [0.5, 0.6) is 0 Å². The van der Waals surface area contributed by atoms with E-state index in [4.69, 9.17) is 4.42 Å². The van der Waals surface area contributed by atoms with Crippen LogP contribution in [0.2, 0.25) is 0 Å². The van der Waals surface area contributed by atoms with Crippen molar-refractivity contribution in [3.8, 4) is 0 Å². The average Bonchev–Trinajstić information content (AvgIpc) is 2.98. The normalized spacial score (nSPS) is 10.8. The van der Waals surface area contributed by atoms with Crippen molar-refractivity contribution in [3.05, 3.63) is 46.3 Å². The van der Waals surface area contributed by atoms with Crippen LogP contribution in [-0.2, 0) is 0 Å². The molecule has 0 fully saturated rings. The SMILES string of the molecule is CCN(CC)c1ccc(C=NNc2ccc([N+](=O)[O-])cn2)o1. The molecule has 8 nitrogen and oxygen atoms in total. The van der Waals surface area contributed by atoms with Crippen LogP contribution in [0.4, 0.5) is 17.4 Å². The lowest BCUT2D eigenvalue weighted by atomic mass is 10.4. The fourth-order valence-electron chi connectivity index (χ4n) is 1.84. The first kappa shape index (κ1) is 15.5. The number of hydrogen-bond acceptors (Lipinski definition) is 7. The van der Waals surface area contributed by atoms with Crippen LogP contribution in [0.25, 0.3) is 0 Å². The first-order chi connectivity index (χ1) is 10.6. The van der Waals surface area contributed by atoms with E-state index >= 15 is 0 Å². The van der Waals surface area contributed by atoms with Gasteiger partial charge >= 0.3 is 0 Å². The van der Waals surface area contributed by atoms with Gasteiger partial charge in [-0.2, -0.15) is 5.10 Å². The van der Waals surface area contributed by atoms with Crippen molar-refractivity contribution in [2.24, 2.45) is 5.10 Å². The third kappa shape index (κ3) is 3.81. The Morgan fingerprint density at radius 3 is 2.73 bits per heavy atom. The van der Waals surface area contributed by atoms with Crippen molar-refractivity contribution >= 4 is 23.6 Å². The van der Waals surface area contributed by atoms with Crippen LogP contribution in [0.3, 0.4) is 0 Å². The number of hydrazone groups is 1. The summed E-state index contributed by atoms with van der Waals surface area (Å²) in [4.78, 5) is 16.0. The highest BCUT2D eigenvalue weighted by molar-refractivity contribution is 5.77. The van der Waals surface area contributed by atoms with Crippen molar-refractivity contribution in [3.63, 3.8) is 0 Å². The van der Waals surface area contributed by atoms with Crippen LogP contribution in [0.15, 0.2) is 40.0 Å². The number of nitrogens with one attached hydrogen (secondary N) is 1. The third-order valence-electron chi connectivity index (χ3n) is 3.02. The van der Waals surface area contributed by atoms with Gasteiger partial charge in [0.1, 0.15) is 17.8 Å². The zero-order chi connectivity index (χ0) is 15.9. The maximum atomic E-state index is 10.5. The highest BCUT2D eigenvalue weighted by atomic mass is 16.6. The van der Waals surface area contributed by atoms with Gasteiger partial charge in [-0.25, -0.2) is 4.98 Å². The monoisotopic (exact) mass is 303 g/mol. The summed E-state index contributed by atoms with van der Waals surface area (Å²) in [6.45, 7) is 5.85. The number of hydrogen-bond donors (Lipinski definition) is 1. The lowest BCUT2D eigenvalue weighted by molar-refractivity contribution is -0.385. The number of furan rings is 1. The summed E-state index contributed by atoms with van der Waals surface area (Å²) in [5.74, 6) is 1.81. The average molecular weight is 303 g/mol. The molecule has 0 bridgehead atoms. The summed E-state index contributed by atoms with van der Waals surface area (Å²) in [6, 6.07) is 6.55. The molecular formula is C14H17N5O3. The van der Waals surface area contributed by atoms with Gasteiger partial charge in [0.05, 0.1) is 11.1 Å². The molecule has 0 aliphatic heterocycles. The summed E-state index contributed by atoms with van der Waals surface area (Å²) >= 11 is 0. The first-order valence-corrected chi connectivity index (χ1v) is 6.88. The topological polar surface area (TPSA) is 96.8 Å². The van der Waals surface area contributed by atoms with E-state index in [1.807, 2.05) is 12.1 Å². The molecule has 0 aliphatic rings. The van der Waals surface area contributed by atoms with Gasteiger partial charge in [-0.3, -0.25) is 15.5 Å². The largest absolute Gasteiger partial charge is 0.440 e. The Labute approximate surface area is 127 Å². The first-order valence-electron chi connectivity index (χ1n) is 6.88. The molecular weight excluding hydrogens is 286 g/mol. The predicted molar refractivity (Wildman–Crippen MR) is 84.4 cm³/mol. The van der Waals surface area contributed by atoms with Crippen molar-refractivity contribution in [2.45, 2.75) is 13.8 Å². The minimum Gasteiger partial charge on any atom is -0.440 e. The van der Waals surface area contributed by atoms with E-state index in [1.54, 1.807) is 0 Å². The van der Waals surface area contributed by atoms with Crippen molar-refractivity contribution in [1.29, 1.82) is 0 Å². The van der Waals surface area contributed by atoms with Gasteiger partial charge in [0, 0.05) is 25.2 Å². The second kappa shape index (κ2) is 7.21. The van der Waals surface area contributed by atoms with E-state index in [1.165, 1.54) is 24.5 Å². The molecule has 2 aromatic heterocycles. The van der Waals surface area contributed by atoms with Crippen LogP contribution in [0, 0.1) is 10.1 Å². The number of aromatic nitrogens is 1. The third-order valence-corrected chi connectivity index (χ3v) is 3.02. The smallest absolute Gasteiger partial charge is 0.287 e. The summed E-state index contributed by atoms with van der Waals surface area (Å²) < 4.78 is 5.64. The Morgan fingerprint density at radius 2 is 2.14 bits per heavy atom. The summed E-state index contributed by atoms with van der Waals surface area (Å²) in [5, 5.41) is 14.5. The zero-order valence-corrected chi connectivity index (χ0v) is 12.4. The molecule has 0 saturated heterocycles. The minimum atomic E-state index is -0.502. The van der Waals surface area contributed by atoms with E-state index in [0.29, 0.717) is 11.6 Å². The van der Waals surface area contributed by atoms with E-state index in [2.05, 4.69) is 34.3 Å². The second-order valence-electron chi connectivity index (χ2n) is 4.38. The summed E-state index contributed by atoms with van der Waals surface area (Å²) in [6.07, 6.45) is 2.69. The predicted octanol–water partition coefficient (Wildman–Crippen LogP) is 2.88. The Morgan fingerprint density at radius 1 is 1.36 bits per heavy atom. The zero-order valence-electron chi connectivity index (χ0n) is 12.4. The van der Waals surface area contributed by atoms with Crippen LogP contribution < -0.4 is 10.3 Å². The number of anilines is 2. The summed E-state index contributed by atoms with van der Waals surface area (Å²) in [7, 11) is 0. The van der Waals surface area contributed by atoms with E-state index < -0.39 is 4.92 Å². The molecule has 2 aromatic rings. The second-order valence-corrected chi connectivity index (χ2v) is 4.38. The van der Waals surface area contributed by atoms with E-state index in [9.17, 15) is 10.1 Å². The highest BCUT2D eigenvalue weighted by Crippen LogP contribution is 2.17. The van der Waals surface area contributed by atoms with Crippen molar-refractivity contribution in [1.82, 2.24) is 4.98 Å². The van der Waals surface area contributed by atoms with Crippen LogP contribution >= 0.6 is 0 Å². The maximum Gasteiger partial charge on any atom is 0.287 e. The fraction of sp³-hybridized carbons (Fsp3) is 0.286. The van der Waals surface area contributed by atoms with Crippen LogP contribution in [0.1, 0.15) is 19.6 Å². The lowest BCUT2D eigenvalue weighted by Gasteiger charge is -2.16. The molecule has 0 unspecified atom stereocenters. The molecule has 8 heteroatoms. The molecule has 0 amide bonds. The number of nitrogens with zero attached hydrogens (tertiary/aromatic N) is 4. The maximum absolute atomic E-state index is 10.5. The van der Waals surface area contributed by atoms with Crippen molar-refractivity contribution in [2.75, 3.05) is 23.4 Å². The molecule has 0 atom stereocenters. The molecule has 2 heterocycles. The molecule has 0 radical (unpaired) electrons. The quantitative estimate of drug-likeness (QED) is 0.480. The van der Waals surface area contributed by atoms with Crippen LogP contribution in [-0.4, -0.2) is 29.2 Å².